The third kappa shape index (κ3) is 4.07. The Hall–Kier alpha value is -0.830. The van der Waals surface area contributed by atoms with Crippen LogP contribution in [0.1, 0.15) is 64.1 Å². The molecule has 108 valence electrons. The smallest absolute Gasteiger partial charge is 0.0627 e. The molecule has 19 heavy (non-hydrogen) atoms. The lowest BCUT2D eigenvalue weighted by atomic mass is 9.93. The van der Waals surface area contributed by atoms with Gasteiger partial charge in [-0.25, -0.2) is 0 Å². The van der Waals surface area contributed by atoms with Gasteiger partial charge in [0.25, 0.3) is 0 Å². The van der Waals surface area contributed by atoms with Gasteiger partial charge in [0.1, 0.15) is 0 Å². The molecule has 2 rings (SSSR count). The molecule has 0 amide bonds. The maximum atomic E-state index is 4.75. The molecular weight excluding hydrogens is 234 g/mol. The van der Waals surface area contributed by atoms with Crippen molar-refractivity contribution in [3.05, 3.63) is 18.0 Å². The second-order valence-electron chi connectivity index (χ2n) is 6.12. The molecule has 3 unspecified atom stereocenters. The summed E-state index contributed by atoms with van der Waals surface area (Å²) in [7, 11) is 2.10. The topological polar surface area (TPSA) is 29.9 Å². The maximum absolute atomic E-state index is 4.75. The van der Waals surface area contributed by atoms with Crippen LogP contribution in [0.15, 0.2) is 12.3 Å². The zero-order valence-corrected chi connectivity index (χ0v) is 12.7. The molecule has 1 aliphatic rings. The van der Waals surface area contributed by atoms with Gasteiger partial charge in [-0.05, 0) is 51.6 Å². The summed E-state index contributed by atoms with van der Waals surface area (Å²) in [6, 6.07) is 3.45. The molecule has 3 heteroatoms. The van der Waals surface area contributed by atoms with Crippen molar-refractivity contribution in [3.63, 3.8) is 0 Å². The van der Waals surface area contributed by atoms with Crippen molar-refractivity contribution in [1.29, 1.82) is 0 Å². The molecule has 1 N–H and O–H groups in total. The summed E-state index contributed by atoms with van der Waals surface area (Å²) in [5.74, 6) is 0.806. The van der Waals surface area contributed by atoms with Crippen LogP contribution in [0, 0.1) is 5.92 Å². The number of nitrogens with one attached hydrogen (secondary N) is 1. The van der Waals surface area contributed by atoms with Crippen molar-refractivity contribution < 1.29 is 0 Å². The molecule has 0 aliphatic heterocycles. The average Bonchev–Trinajstić information content (AvgIpc) is 2.77. The fourth-order valence-corrected chi connectivity index (χ4v) is 3.12. The van der Waals surface area contributed by atoms with Crippen LogP contribution in [0.25, 0.3) is 0 Å². The highest BCUT2D eigenvalue weighted by molar-refractivity contribution is 5.01. The number of hydrogen-bond donors (Lipinski definition) is 1. The Balaban J connectivity index is 1.93. The minimum Gasteiger partial charge on any atom is -0.317 e. The number of nitrogens with zero attached hydrogens (tertiary/aromatic N) is 2. The molecule has 3 nitrogen and oxygen atoms in total. The first-order chi connectivity index (χ1) is 9.22. The van der Waals surface area contributed by atoms with E-state index in [9.17, 15) is 0 Å². The molecule has 1 saturated carbocycles. The van der Waals surface area contributed by atoms with E-state index in [-0.39, 0.29) is 0 Å². The highest BCUT2D eigenvalue weighted by Crippen LogP contribution is 2.26. The Morgan fingerprint density at radius 3 is 2.95 bits per heavy atom. The van der Waals surface area contributed by atoms with Gasteiger partial charge < -0.3 is 5.32 Å². The zero-order valence-electron chi connectivity index (χ0n) is 12.7. The first-order valence-electron chi connectivity index (χ1n) is 7.94. The second-order valence-corrected chi connectivity index (χ2v) is 6.12. The van der Waals surface area contributed by atoms with E-state index in [1.54, 1.807) is 0 Å². The Labute approximate surface area is 117 Å². The molecule has 0 aromatic carbocycles. The van der Waals surface area contributed by atoms with E-state index >= 15 is 0 Å². The quantitative estimate of drug-likeness (QED) is 0.823. The summed E-state index contributed by atoms with van der Waals surface area (Å²) < 4.78 is 2.13. The summed E-state index contributed by atoms with van der Waals surface area (Å²) in [5, 5.41) is 8.22. The van der Waals surface area contributed by atoms with Gasteiger partial charge in [0.15, 0.2) is 0 Å². The van der Waals surface area contributed by atoms with Crippen molar-refractivity contribution in [3.8, 4) is 0 Å². The lowest BCUT2D eigenvalue weighted by Gasteiger charge is -2.18. The van der Waals surface area contributed by atoms with Crippen LogP contribution in [-0.2, 0) is 6.42 Å². The molecule has 1 aliphatic carbocycles. The SMILES string of the molecule is CCC(C)n1ccc(CC2CCCCC(NC)C2)n1. The average molecular weight is 263 g/mol. The normalized spacial score (nSPS) is 26.1. The van der Waals surface area contributed by atoms with E-state index in [1.807, 2.05) is 0 Å². The van der Waals surface area contributed by atoms with E-state index in [0.717, 1.165) is 18.8 Å². The van der Waals surface area contributed by atoms with Gasteiger partial charge in [-0.15, -0.1) is 0 Å². The molecular formula is C16H29N3. The van der Waals surface area contributed by atoms with E-state index in [0.29, 0.717) is 12.1 Å². The van der Waals surface area contributed by atoms with Gasteiger partial charge in [0.2, 0.25) is 0 Å². The predicted octanol–water partition coefficient (Wildman–Crippen LogP) is 3.56. The Kier molecular flexibility index (Phi) is 5.44. The van der Waals surface area contributed by atoms with Gasteiger partial charge >= 0.3 is 0 Å². The molecule has 1 fully saturated rings. The lowest BCUT2D eigenvalue weighted by Crippen LogP contribution is -2.26. The standard InChI is InChI=1S/C16H29N3/c1-4-13(2)19-10-9-16(18-19)12-14-7-5-6-8-15(11-14)17-3/h9-10,13-15,17H,4-8,11-12H2,1-3H3. The van der Waals surface area contributed by atoms with Crippen LogP contribution >= 0.6 is 0 Å². The predicted molar refractivity (Wildman–Crippen MR) is 80.4 cm³/mol. The van der Waals surface area contributed by atoms with Gasteiger partial charge in [0.05, 0.1) is 5.69 Å². The third-order valence-corrected chi connectivity index (χ3v) is 4.64. The first kappa shape index (κ1) is 14.6. The fourth-order valence-electron chi connectivity index (χ4n) is 3.12. The fraction of sp³-hybridized carbons (Fsp3) is 0.812. The molecule has 0 radical (unpaired) electrons. The summed E-state index contributed by atoms with van der Waals surface area (Å²) in [5.41, 5.74) is 1.28. The number of aromatic nitrogens is 2. The Morgan fingerprint density at radius 2 is 2.21 bits per heavy atom. The highest BCUT2D eigenvalue weighted by atomic mass is 15.3. The Morgan fingerprint density at radius 1 is 1.42 bits per heavy atom. The summed E-state index contributed by atoms with van der Waals surface area (Å²) >= 11 is 0. The Bertz CT molecular complexity index is 372. The van der Waals surface area contributed by atoms with Crippen molar-refractivity contribution in [2.24, 2.45) is 5.92 Å². The van der Waals surface area contributed by atoms with E-state index in [1.165, 1.54) is 37.8 Å². The maximum Gasteiger partial charge on any atom is 0.0627 e. The van der Waals surface area contributed by atoms with Gasteiger partial charge in [-0.3, -0.25) is 4.68 Å². The van der Waals surface area contributed by atoms with Crippen molar-refractivity contribution in [1.82, 2.24) is 15.1 Å². The molecule has 0 spiro atoms. The summed E-state index contributed by atoms with van der Waals surface area (Å²) in [6.07, 6.45) is 11.2. The van der Waals surface area contributed by atoms with Gasteiger partial charge in [-0.1, -0.05) is 26.2 Å². The van der Waals surface area contributed by atoms with E-state index in [4.69, 9.17) is 5.10 Å². The second kappa shape index (κ2) is 7.09. The molecule has 1 heterocycles. The minimum atomic E-state index is 0.521. The van der Waals surface area contributed by atoms with Crippen LogP contribution in [0.3, 0.4) is 0 Å². The third-order valence-electron chi connectivity index (χ3n) is 4.64. The van der Waals surface area contributed by atoms with E-state index < -0.39 is 0 Å². The first-order valence-corrected chi connectivity index (χ1v) is 7.94. The molecule has 0 bridgehead atoms. The number of hydrogen-bond acceptors (Lipinski definition) is 2. The van der Waals surface area contributed by atoms with Crippen LogP contribution in [0.2, 0.25) is 0 Å². The highest BCUT2D eigenvalue weighted by Gasteiger charge is 2.20. The van der Waals surface area contributed by atoms with E-state index in [2.05, 4.69) is 43.2 Å². The molecule has 1 aromatic heterocycles. The minimum absolute atomic E-state index is 0.521. The largest absolute Gasteiger partial charge is 0.317 e. The lowest BCUT2D eigenvalue weighted by molar-refractivity contribution is 0.393. The summed E-state index contributed by atoms with van der Waals surface area (Å²) in [6.45, 7) is 4.45. The monoisotopic (exact) mass is 263 g/mol. The van der Waals surface area contributed by atoms with Crippen molar-refractivity contribution in [2.45, 2.75) is 70.9 Å². The summed E-state index contributed by atoms with van der Waals surface area (Å²) in [4.78, 5) is 0. The molecule has 0 saturated heterocycles. The van der Waals surface area contributed by atoms with Crippen molar-refractivity contribution in [2.75, 3.05) is 7.05 Å². The molecule has 3 atom stereocenters. The van der Waals surface area contributed by atoms with Gasteiger partial charge in [-0.2, -0.15) is 5.10 Å². The van der Waals surface area contributed by atoms with Crippen LogP contribution in [0.5, 0.6) is 0 Å². The van der Waals surface area contributed by atoms with Crippen molar-refractivity contribution >= 4 is 0 Å². The van der Waals surface area contributed by atoms with Gasteiger partial charge in [0, 0.05) is 18.3 Å². The van der Waals surface area contributed by atoms with Crippen LogP contribution in [0.4, 0.5) is 0 Å². The van der Waals surface area contributed by atoms with Crippen LogP contribution < -0.4 is 5.32 Å². The zero-order chi connectivity index (χ0) is 13.7. The van der Waals surface area contributed by atoms with Crippen LogP contribution in [-0.4, -0.2) is 22.9 Å². The molecule has 1 aromatic rings. The number of rotatable bonds is 5.